The maximum absolute atomic E-state index is 11.2. The lowest BCUT2D eigenvalue weighted by Crippen LogP contribution is -1.99. The van der Waals surface area contributed by atoms with Crippen molar-refractivity contribution in [2.75, 3.05) is 13.7 Å². The van der Waals surface area contributed by atoms with Gasteiger partial charge in [-0.15, -0.1) is 11.3 Å². The topological polar surface area (TPSA) is 68.7 Å². The van der Waals surface area contributed by atoms with Crippen molar-refractivity contribution in [3.05, 3.63) is 34.8 Å². The SMILES string of the molecule is CCOc1ccccc1-c1nc(COC)c(C(=O)O)s1. The predicted molar refractivity (Wildman–Crippen MR) is 76.4 cm³/mol. The van der Waals surface area contributed by atoms with Crippen molar-refractivity contribution in [3.63, 3.8) is 0 Å². The van der Waals surface area contributed by atoms with Gasteiger partial charge in [-0.05, 0) is 19.1 Å². The second kappa shape index (κ2) is 6.49. The van der Waals surface area contributed by atoms with Gasteiger partial charge in [-0.25, -0.2) is 9.78 Å². The zero-order valence-electron chi connectivity index (χ0n) is 11.3. The second-order valence-corrected chi connectivity index (χ2v) is 4.96. The van der Waals surface area contributed by atoms with Crippen molar-refractivity contribution in [1.29, 1.82) is 0 Å². The van der Waals surface area contributed by atoms with Crippen LogP contribution in [0.15, 0.2) is 24.3 Å². The molecule has 6 heteroatoms. The number of nitrogens with zero attached hydrogens (tertiary/aromatic N) is 1. The van der Waals surface area contributed by atoms with Gasteiger partial charge in [0.2, 0.25) is 0 Å². The molecule has 1 N–H and O–H groups in total. The van der Waals surface area contributed by atoms with Crippen LogP contribution in [0.3, 0.4) is 0 Å². The van der Waals surface area contributed by atoms with Crippen LogP contribution in [-0.4, -0.2) is 29.8 Å². The molecule has 1 aromatic carbocycles. The number of thiazole rings is 1. The Balaban J connectivity index is 2.47. The van der Waals surface area contributed by atoms with Gasteiger partial charge in [-0.3, -0.25) is 0 Å². The number of benzene rings is 1. The number of carbonyl (C=O) groups is 1. The van der Waals surface area contributed by atoms with Crippen molar-refractivity contribution >= 4 is 17.3 Å². The molecule has 5 nitrogen and oxygen atoms in total. The summed E-state index contributed by atoms with van der Waals surface area (Å²) in [5.41, 5.74) is 1.23. The van der Waals surface area contributed by atoms with Crippen molar-refractivity contribution in [2.45, 2.75) is 13.5 Å². The van der Waals surface area contributed by atoms with Gasteiger partial charge in [0.05, 0.1) is 24.5 Å². The Bertz CT molecular complexity index is 609. The van der Waals surface area contributed by atoms with E-state index in [1.165, 1.54) is 7.11 Å². The molecule has 0 unspecified atom stereocenters. The highest BCUT2D eigenvalue weighted by atomic mass is 32.1. The van der Waals surface area contributed by atoms with Crippen LogP contribution in [-0.2, 0) is 11.3 Å². The third-order valence-electron chi connectivity index (χ3n) is 2.59. The summed E-state index contributed by atoms with van der Waals surface area (Å²) >= 11 is 1.13. The highest BCUT2D eigenvalue weighted by Gasteiger charge is 2.19. The van der Waals surface area contributed by atoms with Gasteiger partial charge < -0.3 is 14.6 Å². The molecule has 0 saturated carbocycles. The Hall–Kier alpha value is -1.92. The summed E-state index contributed by atoms with van der Waals surface area (Å²) in [6.45, 7) is 2.62. The average Bonchev–Trinajstić information content (AvgIpc) is 2.84. The smallest absolute Gasteiger partial charge is 0.347 e. The molecule has 0 radical (unpaired) electrons. The molecule has 0 fully saturated rings. The summed E-state index contributed by atoms with van der Waals surface area (Å²) in [4.78, 5) is 15.8. The Kier molecular flexibility index (Phi) is 4.70. The van der Waals surface area contributed by atoms with Crippen molar-refractivity contribution in [2.24, 2.45) is 0 Å². The molecule has 0 aliphatic carbocycles. The van der Waals surface area contributed by atoms with Gasteiger partial charge in [0.15, 0.2) is 0 Å². The first kappa shape index (κ1) is 14.5. The summed E-state index contributed by atoms with van der Waals surface area (Å²) in [6, 6.07) is 7.45. The molecule has 0 aliphatic rings. The summed E-state index contributed by atoms with van der Waals surface area (Å²) < 4.78 is 10.5. The third-order valence-corrected chi connectivity index (χ3v) is 3.71. The van der Waals surface area contributed by atoms with Gasteiger partial charge in [0, 0.05) is 7.11 Å². The zero-order chi connectivity index (χ0) is 14.5. The number of hydrogen-bond acceptors (Lipinski definition) is 5. The normalized spacial score (nSPS) is 10.5. The Morgan fingerprint density at radius 1 is 1.40 bits per heavy atom. The van der Waals surface area contributed by atoms with E-state index in [0.29, 0.717) is 23.1 Å². The highest BCUT2D eigenvalue weighted by molar-refractivity contribution is 7.17. The minimum absolute atomic E-state index is 0.176. The Morgan fingerprint density at radius 2 is 2.15 bits per heavy atom. The fraction of sp³-hybridized carbons (Fsp3) is 0.286. The maximum Gasteiger partial charge on any atom is 0.347 e. The van der Waals surface area contributed by atoms with Gasteiger partial charge in [0.1, 0.15) is 15.6 Å². The number of aromatic carboxylic acids is 1. The number of carboxylic acids is 1. The first-order valence-electron chi connectivity index (χ1n) is 6.11. The summed E-state index contributed by atoms with van der Waals surface area (Å²) in [7, 11) is 1.51. The molecule has 0 bridgehead atoms. The van der Waals surface area contributed by atoms with Gasteiger partial charge in [0.25, 0.3) is 0 Å². The van der Waals surface area contributed by atoms with E-state index in [0.717, 1.165) is 16.9 Å². The first-order valence-corrected chi connectivity index (χ1v) is 6.93. The first-order chi connectivity index (χ1) is 9.67. The largest absolute Gasteiger partial charge is 0.493 e. The molecule has 2 rings (SSSR count). The standard InChI is InChI=1S/C14H15NO4S/c1-3-19-11-7-5-4-6-9(11)13-15-10(8-18-2)12(20-13)14(16)17/h4-7H,3,8H2,1-2H3,(H,16,17). The minimum atomic E-state index is -0.991. The number of rotatable bonds is 6. The van der Waals surface area contributed by atoms with Crippen molar-refractivity contribution in [1.82, 2.24) is 4.98 Å². The summed E-state index contributed by atoms with van der Waals surface area (Å²) in [6.07, 6.45) is 0. The quantitative estimate of drug-likeness (QED) is 0.886. The number of para-hydroxylation sites is 1. The lowest BCUT2D eigenvalue weighted by atomic mass is 10.2. The molecule has 1 aromatic heterocycles. The molecule has 106 valence electrons. The van der Waals surface area contributed by atoms with Gasteiger partial charge in [-0.1, -0.05) is 12.1 Å². The van der Waals surface area contributed by atoms with Crippen LogP contribution in [0.5, 0.6) is 5.75 Å². The fourth-order valence-corrected chi connectivity index (χ4v) is 2.73. The molecular weight excluding hydrogens is 278 g/mol. The van der Waals surface area contributed by atoms with E-state index in [-0.39, 0.29) is 11.5 Å². The van der Waals surface area contributed by atoms with Crippen molar-refractivity contribution < 1.29 is 19.4 Å². The molecule has 0 amide bonds. The molecule has 0 saturated heterocycles. The molecule has 1 heterocycles. The number of ether oxygens (including phenoxy) is 2. The second-order valence-electron chi connectivity index (χ2n) is 3.96. The molecule has 20 heavy (non-hydrogen) atoms. The number of aromatic nitrogens is 1. The Labute approximate surface area is 120 Å². The van der Waals surface area contributed by atoms with Gasteiger partial charge >= 0.3 is 5.97 Å². The van der Waals surface area contributed by atoms with E-state index in [1.54, 1.807) is 0 Å². The Morgan fingerprint density at radius 3 is 2.80 bits per heavy atom. The van der Waals surface area contributed by atoms with E-state index in [4.69, 9.17) is 9.47 Å². The minimum Gasteiger partial charge on any atom is -0.493 e. The maximum atomic E-state index is 11.2. The lowest BCUT2D eigenvalue weighted by molar-refractivity contribution is 0.0697. The van der Waals surface area contributed by atoms with E-state index >= 15 is 0 Å². The monoisotopic (exact) mass is 293 g/mol. The molecule has 0 atom stereocenters. The van der Waals surface area contributed by atoms with Crippen LogP contribution in [0.25, 0.3) is 10.6 Å². The highest BCUT2D eigenvalue weighted by Crippen LogP contribution is 2.34. The van der Waals surface area contributed by atoms with E-state index in [1.807, 2.05) is 31.2 Å². The van der Waals surface area contributed by atoms with Crippen LogP contribution in [0.4, 0.5) is 0 Å². The average molecular weight is 293 g/mol. The van der Waals surface area contributed by atoms with Crippen LogP contribution < -0.4 is 4.74 Å². The van der Waals surface area contributed by atoms with Crippen LogP contribution in [0.1, 0.15) is 22.3 Å². The lowest BCUT2D eigenvalue weighted by Gasteiger charge is -2.07. The number of carboxylic acid groups (broad SMARTS) is 1. The van der Waals surface area contributed by atoms with Gasteiger partial charge in [-0.2, -0.15) is 0 Å². The summed E-state index contributed by atoms with van der Waals surface area (Å²) in [5, 5.41) is 9.83. The van der Waals surface area contributed by atoms with Crippen LogP contribution >= 0.6 is 11.3 Å². The molecule has 0 aliphatic heterocycles. The van der Waals surface area contributed by atoms with E-state index in [9.17, 15) is 9.90 Å². The zero-order valence-corrected chi connectivity index (χ0v) is 12.1. The third kappa shape index (κ3) is 2.97. The van der Waals surface area contributed by atoms with E-state index in [2.05, 4.69) is 4.98 Å². The van der Waals surface area contributed by atoms with Crippen molar-refractivity contribution in [3.8, 4) is 16.3 Å². The van der Waals surface area contributed by atoms with Crippen LogP contribution in [0.2, 0.25) is 0 Å². The number of methoxy groups -OCH3 is 1. The number of hydrogen-bond donors (Lipinski definition) is 1. The molecule has 2 aromatic rings. The predicted octanol–water partition coefficient (Wildman–Crippen LogP) is 3.05. The molecular formula is C14H15NO4S. The summed E-state index contributed by atoms with van der Waals surface area (Å²) in [5.74, 6) is -0.292. The van der Waals surface area contributed by atoms with Crippen LogP contribution in [0, 0.1) is 0 Å². The molecule has 0 spiro atoms. The fourth-order valence-electron chi connectivity index (χ4n) is 1.79. The van der Waals surface area contributed by atoms with E-state index < -0.39 is 5.97 Å².